The third-order valence-corrected chi connectivity index (χ3v) is 4.70. The van der Waals surface area contributed by atoms with Crippen molar-refractivity contribution in [3.63, 3.8) is 0 Å². The van der Waals surface area contributed by atoms with Crippen LogP contribution in [-0.4, -0.2) is 35.5 Å². The number of aromatic nitrogens is 2. The number of amides is 2. The first-order valence-corrected chi connectivity index (χ1v) is 9.33. The molecule has 30 heavy (non-hydrogen) atoms. The summed E-state index contributed by atoms with van der Waals surface area (Å²) < 4.78 is 6.43. The number of carbonyl (C=O) groups excluding carboxylic acids is 2. The zero-order valence-electron chi connectivity index (χ0n) is 16.4. The number of benzene rings is 1. The molecule has 9 nitrogen and oxygen atoms in total. The maximum Gasteiger partial charge on any atom is 0.265 e. The van der Waals surface area contributed by atoms with Gasteiger partial charge in [0.15, 0.2) is 0 Å². The van der Waals surface area contributed by atoms with Gasteiger partial charge >= 0.3 is 0 Å². The second-order valence-electron chi connectivity index (χ2n) is 6.42. The lowest BCUT2D eigenvalue weighted by atomic mass is 10.1. The van der Waals surface area contributed by atoms with Crippen molar-refractivity contribution in [2.24, 2.45) is 0 Å². The predicted molar refractivity (Wildman–Crippen MR) is 114 cm³/mol. The van der Waals surface area contributed by atoms with Crippen molar-refractivity contribution < 1.29 is 14.3 Å². The Labute approximate surface area is 176 Å². The molecule has 156 valence electrons. The van der Waals surface area contributed by atoms with Gasteiger partial charge < -0.3 is 21.1 Å². The van der Waals surface area contributed by atoms with Crippen LogP contribution in [0.5, 0.6) is 5.75 Å². The van der Waals surface area contributed by atoms with Gasteiger partial charge in [0, 0.05) is 24.7 Å². The first-order chi connectivity index (χ1) is 14.3. The molecule has 10 heteroatoms. The Hall–Kier alpha value is -3.59. The van der Waals surface area contributed by atoms with Crippen LogP contribution in [0.2, 0.25) is 5.02 Å². The Kier molecular flexibility index (Phi) is 6.22. The number of nitrogen functional groups attached to an aromatic ring is 1. The summed E-state index contributed by atoms with van der Waals surface area (Å²) in [4.78, 5) is 41.9. The van der Waals surface area contributed by atoms with Gasteiger partial charge in [0.1, 0.15) is 29.3 Å². The van der Waals surface area contributed by atoms with Crippen molar-refractivity contribution >= 4 is 40.3 Å². The molecule has 0 saturated carbocycles. The highest BCUT2D eigenvalue weighted by atomic mass is 35.5. The summed E-state index contributed by atoms with van der Waals surface area (Å²) in [5.41, 5.74) is 5.95. The molecule has 0 aliphatic carbocycles. The molecule has 0 radical (unpaired) electrons. The topological polar surface area (TPSA) is 128 Å². The molecule has 4 N–H and O–H groups in total. The number of nitrogens with one attached hydrogen (secondary N) is 2. The van der Waals surface area contributed by atoms with Crippen LogP contribution >= 0.6 is 11.6 Å². The lowest BCUT2D eigenvalue weighted by molar-refractivity contribution is -0.121. The zero-order valence-corrected chi connectivity index (χ0v) is 17.1. The fourth-order valence-electron chi connectivity index (χ4n) is 2.91. The molecule has 0 fully saturated rings. The quantitative estimate of drug-likeness (QED) is 0.542. The van der Waals surface area contributed by atoms with Crippen LogP contribution in [0.1, 0.15) is 15.9 Å². The molecule has 0 bridgehead atoms. The van der Waals surface area contributed by atoms with Crippen molar-refractivity contribution in [3.05, 3.63) is 62.9 Å². The number of nitrogens with zero attached hydrogens (tertiary/aromatic N) is 2. The molecule has 1 aromatic carbocycles. The molecule has 0 saturated heterocycles. The predicted octanol–water partition coefficient (Wildman–Crippen LogP) is 1.32. The number of anilines is 1. The van der Waals surface area contributed by atoms with Crippen LogP contribution < -0.4 is 26.7 Å². The molecule has 0 unspecified atom stereocenters. The Morgan fingerprint density at radius 3 is 2.57 bits per heavy atom. The average Bonchev–Trinajstić information content (AvgIpc) is 2.74. The van der Waals surface area contributed by atoms with Crippen LogP contribution in [0.3, 0.4) is 0 Å². The van der Waals surface area contributed by atoms with E-state index in [1.165, 1.54) is 26.3 Å². The minimum absolute atomic E-state index is 0.115. The van der Waals surface area contributed by atoms with Crippen LogP contribution in [0.4, 0.5) is 5.82 Å². The number of pyridine rings is 2. The summed E-state index contributed by atoms with van der Waals surface area (Å²) >= 11 is 5.87. The van der Waals surface area contributed by atoms with E-state index in [1.54, 1.807) is 24.3 Å². The molecule has 3 rings (SSSR count). The summed E-state index contributed by atoms with van der Waals surface area (Å²) in [6.07, 6.45) is 0. The Morgan fingerprint density at radius 1 is 1.23 bits per heavy atom. The monoisotopic (exact) mass is 429 g/mol. The van der Waals surface area contributed by atoms with E-state index in [0.717, 1.165) is 10.1 Å². The molecule has 0 spiro atoms. The summed E-state index contributed by atoms with van der Waals surface area (Å²) in [5, 5.41) is 6.11. The molecule has 0 aliphatic rings. The van der Waals surface area contributed by atoms with Crippen molar-refractivity contribution in [1.82, 2.24) is 20.2 Å². The third-order valence-electron chi connectivity index (χ3n) is 4.45. The van der Waals surface area contributed by atoms with Gasteiger partial charge in [-0.3, -0.25) is 19.0 Å². The SMILES string of the molecule is CNC(=O)Cn1c(=O)c(C(=O)NCc2ccc(Cl)cc2)cc2c(OC)cc(N)nc21. The minimum Gasteiger partial charge on any atom is -0.496 e. The Morgan fingerprint density at radius 2 is 1.93 bits per heavy atom. The highest BCUT2D eigenvalue weighted by Crippen LogP contribution is 2.26. The third kappa shape index (κ3) is 4.36. The lowest BCUT2D eigenvalue weighted by Crippen LogP contribution is -2.36. The van der Waals surface area contributed by atoms with Crippen molar-refractivity contribution in [1.29, 1.82) is 0 Å². The first kappa shape index (κ1) is 21.1. The Bertz CT molecular complexity index is 1170. The van der Waals surface area contributed by atoms with Gasteiger partial charge in [-0.2, -0.15) is 0 Å². The molecular weight excluding hydrogens is 410 g/mol. The molecule has 0 atom stereocenters. The summed E-state index contributed by atoms with van der Waals surface area (Å²) in [6, 6.07) is 9.81. The average molecular weight is 430 g/mol. The van der Waals surface area contributed by atoms with Crippen LogP contribution in [0.15, 0.2) is 41.2 Å². The number of carbonyl (C=O) groups is 2. The van der Waals surface area contributed by atoms with E-state index in [9.17, 15) is 14.4 Å². The maximum atomic E-state index is 13.0. The molecule has 2 heterocycles. The van der Waals surface area contributed by atoms with E-state index in [0.29, 0.717) is 16.2 Å². The number of hydrogen-bond acceptors (Lipinski definition) is 6. The van der Waals surface area contributed by atoms with Gasteiger partial charge in [0.05, 0.1) is 12.5 Å². The van der Waals surface area contributed by atoms with E-state index in [4.69, 9.17) is 22.1 Å². The van der Waals surface area contributed by atoms with E-state index >= 15 is 0 Å². The van der Waals surface area contributed by atoms with Gasteiger partial charge in [-0.1, -0.05) is 23.7 Å². The highest BCUT2D eigenvalue weighted by Gasteiger charge is 2.20. The number of nitrogens with two attached hydrogens (primary N) is 1. The second-order valence-corrected chi connectivity index (χ2v) is 6.85. The van der Waals surface area contributed by atoms with E-state index in [2.05, 4.69) is 15.6 Å². The summed E-state index contributed by atoms with van der Waals surface area (Å²) in [7, 11) is 2.88. The van der Waals surface area contributed by atoms with Gasteiger partial charge in [-0.25, -0.2) is 4.98 Å². The number of likely N-dealkylation sites (N-methyl/N-ethyl adjacent to an activating group) is 1. The van der Waals surface area contributed by atoms with Gasteiger partial charge in [0.2, 0.25) is 5.91 Å². The Balaban J connectivity index is 2.06. The zero-order chi connectivity index (χ0) is 21.8. The number of halogens is 1. The molecule has 2 amide bonds. The van der Waals surface area contributed by atoms with Crippen LogP contribution in [0.25, 0.3) is 11.0 Å². The number of rotatable bonds is 6. The minimum atomic E-state index is -0.667. The van der Waals surface area contributed by atoms with Crippen molar-refractivity contribution in [2.75, 3.05) is 19.9 Å². The van der Waals surface area contributed by atoms with E-state index < -0.39 is 17.4 Å². The number of fused-ring (bicyclic) bond motifs is 1. The van der Waals surface area contributed by atoms with Gasteiger partial charge in [-0.15, -0.1) is 0 Å². The smallest absolute Gasteiger partial charge is 0.265 e. The lowest BCUT2D eigenvalue weighted by Gasteiger charge is -2.14. The largest absolute Gasteiger partial charge is 0.496 e. The molecular formula is C20H20ClN5O4. The number of methoxy groups -OCH3 is 1. The maximum absolute atomic E-state index is 13.0. The van der Waals surface area contributed by atoms with Crippen LogP contribution in [-0.2, 0) is 17.9 Å². The standard InChI is InChI=1S/C20H20ClN5O4/c1-23-17(27)10-26-18-13(15(30-2)8-16(22)25-18)7-14(20(26)29)19(28)24-9-11-3-5-12(21)6-4-11/h3-8H,9-10H2,1-2H3,(H2,22,25)(H,23,27)(H,24,28). The highest BCUT2D eigenvalue weighted by molar-refractivity contribution is 6.30. The van der Waals surface area contributed by atoms with E-state index in [-0.39, 0.29) is 30.1 Å². The molecule has 0 aliphatic heterocycles. The molecule has 2 aromatic heterocycles. The fraction of sp³-hybridized carbons (Fsp3) is 0.200. The van der Waals surface area contributed by atoms with Crippen molar-refractivity contribution in [3.8, 4) is 5.75 Å². The van der Waals surface area contributed by atoms with E-state index in [1.807, 2.05) is 0 Å². The van der Waals surface area contributed by atoms with Gasteiger partial charge in [-0.05, 0) is 23.8 Å². The molecule has 3 aromatic rings. The second kappa shape index (κ2) is 8.83. The first-order valence-electron chi connectivity index (χ1n) is 8.95. The van der Waals surface area contributed by atoms with Gasteiger partial charge in [0.25, 0.3) is 11.5 Å². The summed E-state index contributed by atoms with van der Waals surface area (Å²) in [5.74, 6) is -0.582. The number of hydrogen-bond donors (Lipinski definition) is 3. The van der Waals surface area contributed by atoms with Crippen LogP contribution in [0, 0.1) is 0 Å². The normalized spacial score (nSPS) is 10.6. The van der Waals surface area contributed by atoms with Crippen molar-refractivity contribution in [2.45, 2.75) is 13.1 Å². The number of ether oxygens (including phenoxy) is 1. The fourth-order valence-corrected chi connectivity index (χ4v) is 3.03. The summed E-state index contributed by atoms with van der Waals surface area (Å²) in [6.45, 7) is -0.135.